The number of anilines is 2. The summed E-state index contributed by atoms with van der Waals surface area (Å²) in [6, 6.07) is 2.22. The van der Waals surface area contributed by atoms with E-state index in [2.05, 4.69) is 35.8 Å². The molecule has 4 nitrogen and oxygen atoms in total. The van der Waals surface area contributed by atoms with E-state index >= 15 is 0 Å². The lowest BCUT2D eigenvalue weighted by molar-refractivity contribution is 0.147. The molecule has 1 aliphatic heterocycles. The van der Waals surface area contributed by atoms with Crippen molar-refractivity contribution in [2.24, 2.45) is 0 Å². The number of aryl methyl sites for hydroxylation is 1. The van der Waals surface area contributed by atoms with Gasteiger partial charge in [0.25, 0.3) is 0 Å². The van der Waals surface area contributed by atoms with Crippen LogP contribution in [0, 0.1) is 6.92 Å². The van der Waals surface area contributed by atoms with Crippen LogP contribution in [-0.2, 0) is 4.74 Å². The third-order valence-electron chi connectivity index (χ3n) is 3.49. The van der Waals surface area contributed by atoms with Crippen LogP contribution in [0.2, 0.25) is 0 Å². The quantitative estimate of drug-likeness (QED) is 0.795. The molecule has 0 amide bonds. The monoisotopic (exact) mass is 303 g/mol. The second-order valence-electron chi connectivity index (χ2n) is 5.09. The number of nitrogens with zero attached hydrogens (tertiary/aromatic N) is 1. The molecule has 0 unspecified atom stereocenters. The molecule has 0 fully saturated rings. The van der Waals surface area contributed by atoms with E-state index in [1.807, 2.05) is 6.92 Å². The summed E-state index contributed by atoms with van der Waals surface area (Å²) in [7, 11) is 0. The number of pyridine rings is 1. The predicted octanol–water partition coefficient (Wildman–Crippen LogP) is 3.88. The lowest BCUT2D eigenvalue weighted by Gasteiger charge is -2.18. The van der Waals surface area contributed by atoms with Crippen molar-refractivity contribution < 1.29 is 4.74 Å². The van der Waals surface area contributed by atoms with Crippen LogP contribution in [0.3, 0.4) is 0 Å². The topological polar surface area (TPSA) is 46.2 Å². The highest BCUT2D eigenvalue weighted by molar-refractivity contribution is 7.18. The van der Waals surface area contributed by atoms with Gasteiger partial charge in [-0.2, -0.15) is 0 Å². The minimum atomic E-state index is 0.779. The van der Waals surface area contributed by atoms with E-state index in [9.17, 15) is 0 Å². The Balaban J connectivity index is 1.86. The zero-order valence-electron chi connectivity index (χ0n) is 12.5. The van der Waals surface area contributed by atoms with Crippen LogP contribution in [0.15, 0.2) is 12.1 Å². The summed E-state index contributed by atoms with van der Waals surface area (Å²) in [5.74, 6) is 0.972. The van der Waals surface area contributed by atoms with Crippen LogP contribution in [0.1, 0.15) is 23.8 Å². The van der Waals surface area contributed by atoms with Gasteiger partial charge in [0.15, 0.2) is 0 Å². The fourth-order valence-electron chi connectivity index (χ4n) is 2.54. The van der Waals surface area contributed by atoms with Crippen molar-refractivity contribution in [2.75, 3.05) is 36.9 Å². The van der Waals surface area contributed by atoms with E-state index in [0.717, 1.165) is 43.4 Å². The second-order valence-corrected chi connectivity index (χ2v) is 6.32. The van der Waals surface area contributed by atoms with Crippen LogP contribution in [0.4, 0.5) is 11.5 Å². The highest BCUT2D eigenvalue weighted by Crippen LogP contribution is 2.37. The van der Waals surface area contributed by atoms with Gasteiger partial charge in [-0.15, -0.1) is 11.3 Å². The molecular weight excluding hydrogens is 282 g/mol. The number of aromatic nitrogens is 1. The number of fused-ring (bicyclic) bond motifs is 3. The van der Waals surface area contributed by atoms with Crippen LogP contribution >= 0.6 is 11.3 Å². The zero-order chi connectivity index (χ0) is 14.7. The smallest absolute Gasteiger partial charge is 0.137 e. The summed E-state index contributed by atoms with van der Waals surface area (Å²) in [4.78, 5) is 7.20. The van der Waals surface area contributed by atoms with Gasteiger partial charge in [0, 0.05) is 42.1 Å². The molecule has 2 aromatic heterocycles. The largest absolute Gasteiger partial charge is 0.382 e. The number of nitrogens with one attached hydrogen (secondary N) is 2. The Kier molecular flexibility index (Phi) is 4.41. The Morgan fingerprint density at radius 3 is 3.24 bits per heavy atom. The predicted molar refractivity (Wildman–Crippen MR) is 91.5 cm³/mol. The lowest BCUT2D eigenvalue weighted by atomic mass is 10.1. The summed E-state index contributed by atoms with van der Waals surface area (Å²) >= 11 is 1.75. The third-order valence-corrected chi connectivity index (χ3v) is 4.43. The number of hydrogen-bond donors (Lipinski definition) is 2. The van der Waals surface area contributed by atoms with Crippen molar-refractivity contribution in [1.82, 2.24) is 4.98 Å². The van der Waals surface area contributed by atoms with Crippen molar-refractivity contribution in [3.63, 3.8) is 0 Å². The van der Waals surface area contributed by atoms with Crippen LogP contribution in [0.25, 0.3) is 16.3 Å². The summed E-state index contributed by atoms with van der Waals surface area (Å²) in [6.07, 6.45) is 5.29. The van der Waals surface area contributed by atoms with E-state index in [-0.39, 0.29) is 0 Å². The fraction of sp³-hybridized carbons (Fsp3) is 0.438. The Bertz CT molecular complexity index is 663. The molecule has 0 atom stereocenters. The van der Waals surface area contributed by atoms with E-state index in [4.69, 9.17) is 9.72 Å². The first-order valence-electron chi connectivity index (χ1n) is 7.45. The highest BCUT2D eigenvalue weighted by Gasteiger charge is 2.16. The molecule has 0 bridgehead atoms. The van der Waals surface area contributed by atoms with Crippen molar-refractivity contribution in [3.8, 4) is 0 Å². The van der Waals surface area contributed by atoms with Crippen molar-refractivity contribution in [2.45, 2.75) is 20.3 Å². The number of thiophene rings is 1. The Hall–Kier alpha value is -1.59. The maximum atomic E-state index is 5.37. The number of rotatable bonds is 6. The van der Waals surface area contributed by atoms with Gasteiger partial charge in [0.05, 0.1) is 5.69 Å². The molecule has 3 rings (SSSR count). The molecule has 0 spiro atoms. The molecule has 112 valence electrons. The van der Waals surface area contributed by atoms with Crippen molar-refractivity contribution in [1.29, 1.82) is 0 Å². The molecule has 2 N–H and O–H groups in total. The maximum Gasteiger partial charge on any atom is 0.137 e. The van der Waals surface area contributed by atoms with E-state index in [1.165, 1.54) is 21.5 Å². The molecule has 21 heavy (non-hydrogen) atoms. The molecular formula is C16H21N3OS. The number of hydrogen-bond acceptors (Lipinski definition) is 5. The van der Waals surface area contributed by atoms with Crippen LogP contribution in [-0.4, -0.2) is 31.3 Å². The van der Waals surface area contributed by atoms with Gasteiger partial charge in [0.2, 0.25) is 0 Å². The lowest BCUT2D eigenvalue weighted by Crippen LogP contribution is -2.12. The number of ether oxygens (including phenoxy) is 1. The van der Waals surface area contributed by atoms with Gasteiger partial charge in [-0.1, -0.05) is 12.2 Å². The molecule has 0 aromatic carbocycles. The van der Waals surface area contributed by atoms with Gasteiger partial charge in [-0.3, -0.25) is 0 Å². The molecule has 0 saturated heterocycles. The maximum absolute atomic E-state index is 5.37. The SMILES string of the molecule is CCOCCCNc1nc2sc(C)cc2c2c1C=CCN2. The van der Waals surface area contributed by atoms with Gasteiger partial charge < -0.3 is 15.4 Å². The Morgan fingerprint density at radius 2 is 2.38 bits per heavy atom. The zero-order valence-corrected chi connectivity index (χ0v) is 13.3. The van der Waals surface area contributed by atoms with Crippen LogP contribution < -0.4 is 10.6 Å². The average molecular weight is 303 g/mol. The minimum Gasteiger partial charge on any atom is -0.382 e. The standard InChI is InChI=1S/C16H21N3OS/c1-3-20-9-5-8-18-15-12-6-4-7-17-14(12)13-10-11(2)21-16(13)19-15/h4,6,10,17H,3,5,7-9H2,1-2H3,(H,18,19). The van der Waals surface area contributed by atoms with Crippen molar-refractivity contribution >= 4 is 39.1 Å². The summed E-state index contributed by atoms with van der Waals surface area (Å²) in [5.41, 5.74) is 2.38. The minimum absolute atomic E-state index is 0.779. The molecule has 0 aliphatic carbocycles. The Morgan fingerprint density at radius 1 is 1.48 bits per heavy atom. The van der Waals surface area contributed by atoms with Crippen LogP contribution in [0.5, 0.6) is 0 Å². The second kappa shape index (κ2) is 6.45. The van der Waals surface area contributed by atoms with E-state index < -0.39 is 0 Å². The third kappa shape index (κ3) is 3.04. The van der Waals surface area contributed by atoms with Gasteiger partial charge >= 0.3 is 0 Å². The van der Waals surface area contributed by atoms with Gasteiger partial charge in [-0.25, -0.2) is 4.98 Å². The van der Waals surface area contributed by atoms with Crippen molar-refractivity contribution in [3.05, 3.63) is 22.6 Å². The van der Waals surface area contributed by atoms with Gasteiger partial charge in [-0.05, 0) is 26.3 Å². The molecule has 2 aromatic rings. The first kappa shape index (κ1) is 14.4. The molecule has 0 radical (unpaired) electrons. The van der Waals surface area contributed by atoms with E-state index in [0.29, 0.717) is 0 Å². The molecule has 3 heterocycles. The highest BCUT2D eigenvalue weighted by atomic mass is 32.1. The Labute approximate surface area is 129 Å². The van der Waals surface area contributed by atoms with Gasteiger partial charge in [0.1, 0.15) is 10.6 Å². The molecule has 0 saturated carbocycles. The average Bonchev–Trinajstić information content (AvgIpc) is 2.87. The summed E-state index contributed by atoms with van der Waals surface area (Å²) in [5, 5.41) is 8.18. The summed E-state index contributed by atoms with van der Waals surface area (Å²) in [6.45, 7) is 7.48. The molecule has 5 heteroatoms. The van der Waals surface area contributed by atoms with E-state index in [1.54, 1.807) is 11.3 Å². The normalized spacial score (nSPS) is 13.2. The first-order valence-corrected chi connectivity index (χ1v) is 8.27. The molecule has 1 aliphatic rings. The summed E-state index contributed by atoms with van der Waals surface area (Å²) < 4.78 is 5.37. The fourth-order valence-corrected chi connectivity index (χ4v) is 3.43. The first-order chi connectivity index (χ1) is 10.3.